The van der Waals surface area contributed by atoms with Crippen LogP contribution in [0.4, 0.5) is 10.1 Å². The third-order valence-corrected chi connectivity index (χ3v) is 2.36. The van der Waals surface area contributed by atoms with Crippen LogP contribution in [-0.2, 0) is 6.54 Å². The summed E-state index contributed by atoms with van der Waals surface area (Å²) in [4.78, 5) is 4.18. The predicted molar refractivity (Wildman–Crippen MR) is 59.4 cm³/mol. The Balaban J connectivity index is 2.27. The van der Waals surface area contributed by atoms with Crippen molar-refractivity contribution in [2.45, 2.75) is 20.4 Å². The maximum absolute atomic E-state index is 13.2. The van der Waals surface area contributed by atoms with E-state index in [9.17, 15) is 4.39 Å². The molecule has 0 bridgehead atoms. The molecule has 1 aromatic carbocycles. The van der Waals surface area contributed by atoms with Gasteiger partial charge in [-0.05, 0) is 31.5 Å². The fourth-order valence-electron chi connectivity index (χ4n) is 1.55. The summed E-state index contributed by atoms with van der Waals surface area (Å²) in [6.07, 6.45) is 0. The first-order valence-corrected chi connectivity index (χ1v) is 4.98. The number of aryl methyl sites for hydroxylation is 2. The van der Waals surface area contributed by atoms with Crippen molar-refractivity contribution in [3.8, 4) is 0 Å². The summed E-state index contributed by atoms with van der Waals surface area (Å²) >= 11 is 0. The summed E-state index contributed by atoms with van der Waals surface area (Å²) in [6, 6.07) is 4.77. The van der Waals surface area contributed by atoms with Gasteiger partial charge in [-0.15, -0.1) is 0 Å². The maximum atomic E-state index is 13.2. The van der Waals surface area contributed by atoms with Crippen LogP contribution in [0.25, 0.3) is 0 Å². The van der Waals surface area contributed by atoms with Crippen LogP contribution in [0, 0.1) is 19.7 Å². The van der Waals surface area contributed by atoms with Crippen molar-refractivity contribution in [1.29, 1.82) is 0 Å². The largest absolute Gasteiger partial charge is 0.396 e. The van der Waals surface area contributed by atoms with E-state index in [0.29, 0.717) is 12.4 Å². The second-order valence-corrected chi connectivity index (χ2v) is 3.72. The van der Waals surface area contributed by atoms with Crippen LogP contribution in [0.15, 0.2) is 18.2 Å². The van der Waals surface area contributed by atoms with Crippen LogP contribution >= 0.6 is 0 Å². The molecule has 2 N–H and O–H groups in total. The van der Waals surface area contributed by atoms with Gasteiger partial charge >= 0.3 is 0 Å². The lowest BCUT2D eigenvalue weighted by Crippen LogP contribution is -2.05. The molecule has 0 aliphatic carbocycles. The van der Waals surface area contributed by atoms with E-state index in [2.05, 4.69) is 10.1 Å². The van der Waals surface area contributed by atoms with E-state index < -0.39 is 5.82 Å². The molecule has 2 rings (SSSR count). The number of rotatable bonds is 2. The molecule has 0 spiro atoms. The van der Waals surface area contributed by atoms with Crippen molar-refractivity contribution in [3.63, 3.8) is 0 Å². The molecular formula is C11H13FN4. The maximum Gasteiger partial charge on any atom is 0.147 e. The second-order valence-electron chi connectivity index (χ2n) is 3.72. The Hall–Kier alpha value is -1.91. The molecule has 0 aliphatic rings. The molecule has 0 amide bonds. The Bertz CT molecular complexity index is 519. The minimum atomic E-state index is -0.396. The van der Waals surface area contributed by atoms with Crippen molar-refractivity contribution in [3.05, 3.63) is 41.2 Å². The Labute approximate surface area is 92.9 Å². The zero-order valence-electron chi connectivity index (χ0n) is 9.24. The van der Waals surface area contributed by atoms with Crippen molar-refractivity contribution in [2.24, 2.45) is 0 Å². The van der Waals surface area contributed by atoms with Crippen LogP contribution in [0.3, 0.4) is 0 Å². The third kappa shape index (κ3) is 2.03. The van der Waals surface area contributed by atoms with Crippen molar-refractivity contribution in [2.75, 3.05) is 5.73 Å². The van der Waals surface area contributed by atoms with Crippen LogP contribution in [0.1, 0.15) is 17.2 Å². The highest BCUT2D eigenvalue weighted by molar-refractivity contribution is 5.41. The van der Waals surface area contributed by atoms with Gasteiger partial charge in [-0.3, -0.25) is 0 Å². The summed E-state index contributed by atoms with van der Waals surface area (Å²) in [5.41, 5.74) is 6.39. The Kier molecular flexibility index (Phi) is 2.60. The molecule has 0 saturated carbocycles. The third-order valence-electron chi connectivity index (χ3n) is 2.36. The van der Waals surface area contributed by atoms with Gasteiger partial charge in [-0.2, -0.15) is 5.10 Å². The molecule has 0 saturated heterocycles. The van der Waals surface area contributed by atoms with Gasteiger partial charge in [-0.25, -0.2) is 14.1 Å². The van der Waals surface area contributed by atoms with Gasteiger partial charge in [0.1, 0.15) is 17.5 Å². The normalized spacial score (nSPS) is 10.7. The van der Waals surface area contributed by atoms with Crippen LogP contribution < -0.4 is 5.73 Å². The molecule has 84 valence electrons. The molecule has 0 unspecified atom stereocenters. The fourth-order valence-corrected chi connectivity index (χ4v) is 1.55. The van der Waals surface area contributed by atoms with Gasteiger partial charge in [0.15, 0.2) is 0 Å². The molecule has 16 heavy (non-hydrogen) atoms. The van der Waals surface area contributed by atoms with Crippen LogP contribution in [0.2, 0.25) is 0 Å². The summed E-state index contributed by atoms with van der Waals surface area (Å²) < 4.78 is 15.0. The molecule has 1 aromatic heterocycles. The molecule has 0 radical (unpaired) electrons. The van der Waals surface area contributed by atoms with Crippen molar-refractivity contribution < 1.29 is 4.39 Å². The first kappa shape index (κ1) is 10.6. The number of nitrogens with zero attached hydrogens (tertiary/aromatic N) is 3. The highest BCUT2D eigenvalue weighted by Gasteiger charge is 2.05. The second kappa shape index (κ2) is 3.92. The zero-order chi connectivity index (χ0) is 11.7. The van der Waals surface area contributed by atoms with Crippen LogP contribution in [0.5, 0.6) is 0 Å². The van der Waals surface area contributed by atoms with Gasteiger partial charge in [0.05, 0.1) is 12.2 Å². The number of benzene rings is 1. The van der Waals surface area contributed by atoms with Gasteiger partial charge in [0.25, 0.3) is 0 Å². The average molecular weight is 220 g/mol. The molecule has 5 heteroatoms. The highest BCUT2D eigenvalue weighted by atomic mass is 19.1. The predicted octanol–water partition coefficient (Wildman–Crippen LogP) is 1.66. The van der Waals surface area contributed by atoms with E-state index in [1.54, 1.807) is 16.8 Å². The molecular weight excluding hydrogens is 207 g/mol. The van der Waals surface area contributed by atoms with E-state index in [-0.39, 0.29) is 5.69 Å². The van der Waals surface area contributed by atoms with Gasteiger partial charge < -0.3 is 5.73 Å². The fraction of sp³-hybridized carbons (Fsp3) is 0.273. The molecule has 0 atom stereocenters. The number of hydrogen-bond acceptors (Lipinski definition) is 3. The lowest BCUT2D eigenvalue weighted by molar-refractivity contribution is 0.619. The Morgan fingerprint density at radius 3 is 2.69 bits per heavy atom. The average Bonchev–Trinajstić information content (AvgIpc) is 2.51. The van der Waals surface area contributed by atoms with E-state index in [4.69, 9.17) is 5.73 Å². The van der Waals surface area contributed by atoms with Crippen LogP contribution in [-0.4, -0.2) is 14.8 Å². The highest BCUT2D eigenvalue weighted by Crippen LogP contribution is 2.13. The Morgan fingerprint density at radius 1 is 1.38 bits per heavy atom. The minimum Gasteiger partial charge on any atom is -0.396 e. The number of anilines is 1. The Morgan fingerprint density at radius 2 is 2.12 bits per heavy atom. The van der Waals surface area contributed by atoms with E-state index in [1.165, 1.54) is 6.07 Å². The number of hydrogen-bond donors (Lipinski definition) is 1. The van der Waals surface area contributed by atoms with E-state index in [0.717, 1.165) is 11.4 Å². The SMILES string of the molecule is Cc1nc(C)n(Cc2ccc(N)c(F)c2)n1. The molecule has 1 heterocycles. The lowest BCUT2D eigenvalue weighted by Gasteiger charge is -2.04. The first-order valence-electron chi connectivity index (χ1n) is 4.98. The number of halogens is 1. The summed E-state index contributed by atoms with van der Waals surface area (Å²) in [7, 11) is 0. The van der Waals surface area contributed by atoms with Crippen molar-refractivity contribution in [1.82, 2.24) is 14.8 Å². The van der Waals surface area contributed by atoms with E-state index in [1.807, 2.05) is 13.8 Å². The number of nitrogen functional groups attached to an aromatic ring is 1. The molecule has 0 fully saturated rings. The van der Waals surface area contributed by atoms with E-state index >= 15 is 0 Å². The first-order chi connectivity index (χ1) is 7.56. The quantitative estimate of drug-likeness (QED) is 0.783. The minimum absolute atomic E-state index is 0.162. The number of nitrogens with two attached hydrogens (primary N) is 1. The molecule has 2 aromatic rings. The lowest BCUT2D eigenvalue weighted by atomic mass is 10.2. The number of aromatic nitrogens is 3. The molecule has 4 nitrogen and oxygen atoms in total. The van der Waals surface area contributed by atoms with Crippen molar-refractivity contribution >= 4 is 5.69 Å². The zero-order valence-corrected chi connectivity index (χ0v) is 9.24. The van der Waals surface area contributed by atoms with Gasteiger partial charge in [0.2, 0.25) is 0 Å². The molecule has 0 aliphatic heterocycles. The summed E-state index contributed by atoms with van der Waals surface area (Å²) in [5.74, 6) is 1.13. The van der Waals surface area contributed by atoms with Gasteiger partial charge in [0, 0.05) is 0 Å². The van der Waals surface area contributed by atoms with Gasteiger partial charge in [-0.1, -0.05) is 6.07 Å². The smallest absolute Gasteiger partial charge is 0.147 e. The summed E-state index contributed by atoms with van der Waals surface area (Å²) in [5, 5.41) is 4.21. The topological polar surface area (TPSA) is 56.7 Å². The standard InChI is InChI=1S/C11H13FN4/c1-7-14-8(2)16(15-7)6-9-3-4-11(13)10(12)5-9/h3-5H,6,13H2,1-2H3. The monoisotopic (exact) mass is 220 g/mol. The summed E-state index contributed by atoms with van der Waals surface area (Å²) in [6.45, 7) is 4.20.